The molecule has 2 heterocycles. The summed E-state index contributed by atoms with van der Waals surface area (Å²) in [6.45, 7) is 4.03. The highest BCUT2D eigenvalue weighted by Gasteiger charge is 2.21. The second-order valence-corrected chi connectivity index (χ2v) is 7.00. The van der Waals surface area contributed by atoms with Gasteiger partial charge in [-0.25, -0.2) is 9.98 Å². The van der Waals surface area contributed by atoms with Gasteiger partial charge in [0.2, 0.25) is 0 Å². The lowest BCUT2D eigenvalue weighted by atomic mass is 10.0. The van der Waals surface area contributed by atoms with Gasteiger partial charge in [0, 0.05) is 30.9 Å². The van der Waals surface area contributed by atoms with Crippen LogP contribution in [0.25, 0.3) is 0 Å². The van der Waals surface area contributed by atoms with E-state index in [9.17, 15) is 0 Å². The lowest BCUT2D eigenvalue weighted by Gasteiger charge is -2.26. The van der Waals surface area contributed by atoms with Gasteiger partial charge in [-0.05, 0) is 24.1 Å². The van der Waals surface area contributed by atoms with E-state index in [1.54, 1.807) is 0 Å². The van der Waals surface area contributed by atoms with Gasteiger partial charge < -0.3 is 20.4 Å². The molecule has 1 atom stereocenters. The molecule has 29 heavy (non-hydrogen) atoms. The van der Waals surface area contributed by atoms with Crippen molar-refractivity contribution < 1.29 is 4.74 Å². The van der Waals surface area contributed by atoms with Gasteiger partial charge in [0.15, 0.2) is 5.96 Å². The number of nitrogens with one attached hydrogen (secondary N) is 1. The standard InChI is InChI=1S/C22H25N5O.HI/c1-16-24-10-11-27(16)15-18-6-4-5-17(13-18)14-25-22(23)26-20-9-12-28-21-8-3-2-7-19(20)21;/h2-8,10-11,13,20H,9,12,14-15H2,1H3,(H3,23,25,26);1H. The highest BCUT2D eigenvalue weighted by molar-refractivity contribution is 14.0. The Labute approximate surface area is 188 Å². The first-order chi connectivity index (χ1) is 13.7. The third-order valence-corrected chi connectivity index (χ3v) is 4.98. The molecule has 152 valence electrons. The van der Waals surface area contributed by atoms with Crippen LogP contribution < -0.4 is 15.8 Å². The summed E-state index contributed by atoms with van der Waals surface area (Å²) >= 11 is 0. The molecule has 6 nitrogen and oxygen atoms in total. The predicted molar refractivity (Wildman–Crippen MR) is 126 cm³/mol. The minimum absolute atomic E-state index is 0. The molecule has 4 rings (SSSR count). The maximum absolute atomic E-state index is 6.16. The number of halogens is 1. The quantitative estimate of drug-likeness (QED) is 0.316. The summed E-state index contributed by atoms with van der Waals surface area (Å²) in [7, 11) is 0. The number of nitrogens with two attached hydrogens (primary N) is 1. The van der Waals surface area contributed by atoms with Crippen LogP contribution in [-0.4, -0.2) is 22.1 Å². The predicted octanol–water partition coefficient (Wildman–Crippen LogP) is 3.79. The van der Waals surface area contributed by atoms with Crippen LogP contribution in [0.3, 0.4) is 0 Å². The molecule has 0 aliphatic carbocycles. The van der Waals surface area contributed by atoms with Crippen LogP contribution >= 0.6 is 24.0 Å². The summed E-state index contributed by atoms with van der Waals surface area (Å²) in [5.41, 5.74) is 9.64. The van der Waals surface area contributed by atoms with E-state index in [1.807, 2.05) is 37.5 Å². The number of hydrogen-bond acceptors (Lipinski definition) is 3. The molecule has 0 saturated heterocycles. The zero-order valence-electron chi connectivity index (χ0n) is 16.4. The van der Waals surface area contributed by atoms with E-state index in [0.717, 1.165) is 35.7 Å². The summed E-state index contributed by atoms with van der Waals surface area (Å²) in [4.78, 5) is 8.81. The summed E-state index contributed by atoms with van der Waals surface area (Å²) < 4.78 is 7.83. The number of imidazole rings is 1. The molecule has 3 aromatic rings. The first kappa shape index (κ1) is 21.2. The number of hydrogen-bond donors (Lipinski definition) is 2. The van der Waals surface area contributed by atoms with Crippen LogP contribution in [-0.2, 0) is 13.1 Å². The first-order valence-corrected chi connectivity index (χ1v) is 9.53. The molecule has 0 amide bonds. The highest BCUT2D eigenvalue weighted by Crippen LogP contribution is 2.31. The SMILES string of the molecule is Cc1nccn1Cc1cccc(CN=C(N)NC2CCOc3ccccc32)c1.I. The Morgan fingerprint density at radius 3 is 2.90 bits per heavy atom. The topological polar surface area (TPSA) is 77.5 Å². The molecule has 1 unspecified atom stereocenters. The van der Waals surface area contributed by atoms with Gasteiger partial charge in [0.05, 0.1) is 19.2 Å². The Balaban J connectivity index is 0.00000240. The van der Waals surface area contributed by atoms with Gasteiger partial charge >= 0.3 is 0 Å². The van der Waals surface area contributed by atoms with E-state index in [4.69, 9.17) is 10.5 Å². The number of guanidine groups is 1. The second-order valence-electron chi connectivity index (χ2n) is 7.00. The second kappa shape index (κ2) is 9.78. The summed E-state index contributed by atoms with van der Waals surface area (Å²) in [5, 5.41) is 3.34. The summed E-state index contributed by atoms with van der Waals surface area (Å²) in [5.74, 6) is 2.38. The molecule has 1 aromatic heterocycles. The Hall–Kier alpha value is -2.55. The average molecular weight is 503 g/mol. The average Bonchev–Trinajstić information content (AvgIpc) is 3.11. The number of aliphatic imine (C=N–C) groups is 1. The first-order valence-electron chi connectivity index (χ1n) is 9.53. The van der Waals surface area contributed by atoms with Crippen LogP contribution in [0, 0.1) is 6.92 Å². The molecule has 0 spiro atoms. The third-order valence-electron chi connectivity index (χ3n) is 4.98. The molecule has 0 radical (unpaired) electrons. The van der Waals surface area contributed by atoms with Crippen molar-refractivity contribution in [3.05, 3.63) is 83.4 Å². The monoisotopic (exact) mass is 503 g/mol. The van der Waals surface area contributed by atoms with Gasteiger partial charge in [-0.15, -0.1) is 24.0 Å². The Bertz CT molecular complexity index is 985. The summed E-state index contributed by atoms with van der Waals surface area (Å²) in [6, 6.07) is 16.6. The maximum atomic E-state index is 6.16. The van der Waals surface area contributed by atoms with E-state index < -0.39 is 0 Å². The van der Waals surface area contributed by atoms with Gasteiger partial charge in [-0.2, -0.15) is 0 Å². The Morgan fingerprint density at radius 1 is 1.24 bits per heavy atom. The largest absolute Gasteiger partial charge is 0.493 e. The van der Waals surface area contributed by atoms with Gasteiger partial charge in [0.1, 0.15) is 11.6 Å². The van der Waals surface area contributed by atoms with E-state index in [2.05, 4.69) is 50.2 Å². The molecule has 0 saturated carbocycles. The van der Waals surface area contributed by atoms with Crippen molar-refractivity contribution >= 4 is 29.9 Å². The molecule has 1 aliphatic rings. The zero-order valence-corrected chi connectivity index (χ0v) is 18.7. The minimum atomic E-state index is 0. The number of aryl methyl sites for hydroxylation is 1. The fourth-order valence-corrected chi connectivity index (χ4v) is 3.49. The molecular formula is C22H26IN5O. The summed E-state index contributed by atoms with van der Waals surface area (Å²) in [6.07, 6.45) is 4.69. The van der Waals surface area contributed by atoms with Crippen molar-refractivity contribution in [1.82, 2.24) is 14.9 Å². The van der Waals surface area contributed by atoms with E-state index in [0.29, 0.717) is 19.1 Å². The smallest absolute Gasteiger partial charge is 0.189 e. The normalized spacial score (nSPS) is 15.8. The third kappa shape index (κ3) is 5.29. The molecule has 7 heteroatoms. The lowest BCUT2D eigenvalue weighted by molar-refractivity contribution is 0.262. The van der Waals surface area contributed by atoms with E-state index in [-0.39, 0.29) is 30.0 Å². The van der Waals surface area contributed by atoms with Crippen molar-refractivity contribution in [1.29, 1.82) is 0 Å². The molecule has 0 fully saturated rings. The fourth-order valence-electron chi connectivity index (χ4n) is 3.49. The molecule has 2 aromatic carbocycles. The van der Waals surface area contributed by atoms with E-state index >= 15 is 0 Å². The number of rotatable bonds is 5. The van der Waals surface area contributed by atoms with Crippen LogP contribution in [0.15, 0.2) is 65.9 Å². The van der Waals surface area contributed by atoms with Crippen molar-refractivity contribution in [3.8, 4) is 5.75 Å². The van der Waals surface area contributed by atoms with Gasteiger partial charge in [0.25, 0.3) is 0 Å². The van der Waals surface area contributed by atoms with Crippen molar-refractivity contribution in [2.24, 2.45) is 10.7 Å². The Morgan fingerprint density at radius 2 is 2.07 bits per heavy atom. The molecule has 3 N–H and O–H groups in total. The lowest BCUT2D eigenvalue weighted by Crippen LogP contribution is -2.37. The minimum Gasteiger partial charge on any atom is -0.493 e. The fraction of sp³-hybridized carbons (Fsp3) is 0.273. The van der Waals surface area contributed by atoms with Crippen LogP contribution in [0.1, 0.15) is 35.0 Å². The maximum Gasteiger partial charge on any atom is 0.189 e. The number of benzene rings is 2. The number of para-hydroxylation sites is 1. The van der Waals surface area contributed by atoms with Crippen molar-refractivity contribution in [3.63, 3.8) is 0 Å². The number of ether oxygens (including phenoxy) is 1. The van der Waals surface area contributed by atoms with Crippen molar-refractivity contribution in [2.75, 3.05) is 6.61 Å². The number of aromatic nitrogens is 2. The van der Waals surface area contributed by atoms with Gasteiger partial charge in [-0.3, -0.25) is 0 Å². The van der Waals surface area contributed by atoms with E-state index in [1.165, 1.54) is 5.56 Å². The molecule has 0 bridgehead atoms. The molecule has 1 aliphatic heterocycles. The zero-order chi connectivity index (χ0) is 19.3. The number of fused-ring (bicyclic) bond motifs is 1. The Kier molecular flexibility index (Phi) is 7.13. The molecular weight excluding hydrogens is 477 g/mol. The highest BCUT2D eigenvalue weighted by atomic mass is 127. The number of nitrogens with zero attached hydrogens (tertiary/aromatic N) is 3. The van der Waals surface area contributed by atoms with Crippen LogP contribution in [0.2, 0.25) is 0 Å². The van der Waals surface area contributed by atoms with Crippen LogP contribution in [0.5, 0.6) is 5.75 Å². The van der Waals surface area contributed by atoms with Crippen LogP contribution in [0.4, 0.5) is 0 Å². The van der Waals surface area contributed by atoms with Gasteiger partial charge in [-0.1, -0.05) is 42.5 Å². The van der Waals surface area contributed by atoms with Crippen molar-refractivity contribution in [2.45, 2.75) is 32.5 Å².